The predicted molar refractivity (Wildman–Crippen MR) is 81.8 cm³/mol. The molecule has 1 atom stereocenters. The van der Waals surface area contributed by atoms with Crippen molar-refractivity contribution in [3.63, 3.8) is 0 Å². The van der Waals surface area contributed by atoms with Gasteiger partial charge in [-0.3, -0.25) is 4.79 Å². The molecule has 4 heteroatoms. The molecule has 0 unspecified atom stereocenters. The normalized spacial score (nSPS) is 12.4. The molecule has 0 bridgehead atoms. The van der Waals surface area contributed by atoms with Crippen molar-refractivity contribution in [2.24, 2.45) is 5.92 Å². The lowest BCUT2D eigenvalue weighted by molar-refractivity contribution is -0.121. The van der Waals surface area contributed by atoms with Gasteiger partial charge in [0.15, 0.2) is 0 Å². The van der Waals surface area contributed by atoms with Crippen LogP contribution in [0, 0.1) is 19.8 Å². The molecule has 1 heterocycles. The van der Waals surface area contributed by atoms with Gasteiger partial charge in [0.25, 0.3) is 0 Å². The van der Waals surface area contributed by atoms with Gasteiger partial charge in [-0.25, -0.2) is 0 Å². The summed E-state index contributed by atoms with van der Waals surface area (Å²) in [6.07, 6.45) is 0.303. The van der Waals surface area contributed by atoms with Gasteiger partial charge in [-0.1, -0.05) is 49.3 Å². The van der Waals surface area contributed by atoms with Gasteiger partial charge in [-0.2, -0.15) is 0 Å². The molecule has 1 N–H and O–H groups in total. The number of nitrogens with zero attached hydrogens (tertiary/aromatic N) is 1. The first-order valence-electron chi connectivity index (χ1n) is 7.25. The van der Waals surface area contributed by atoms with Gasteiger partial charge < -0.3 is 9.84 Å². The van der Waals surface area contributed by atoms with E-state index in [2.05, 4.69) is 24.3 Å². The van der Waals surface area contributed by atoms with E-state index in [-0.39, 0.29) is 11.9 Å². The molecule has 1 aromatic heterocycles. The monoisotopic (exact) mass is 286 g/mol. The van der Waals surface area contributed by atoms with Crippen molar-refractivity contribution in [1.29, 1.82) is 0 Å². The van der Waals surface area contributed by atoms with E-state index >= 15 is 0 Å². The van der Waals surface area contributed by atoms with Gasteiger partial charge in [0.05, 0.1) is 18.2 Å². The van der Waals surface area contributed by atoms with Crippen LogP contribution in [0.25, 0.3) is 0 Å². The number of hydrogen-bond donors (Lipinski definition) is 1. The average Bonchev–Trinajstić information content (AvgIpc) is 2.77. The Kier molecular flexibility index (Phi) is 4.78. The second-order valence-electron chi connectivity index (χ2n) is 5.68. The summed E-state index contributed by atoms with van der Waals surface area (Å²) in [5.41, 5.74) is 2.78. The van der Waals surface area contributed by atoms with Crippen molar-refractivity contribution in [2.75, 3.05) is 0 Å². The number of carbonyl (C=O) groups is 1. The zero-order valence-electron chi connectivity index (χ0n) is 13.0. The quantitative estimate of drug-likeness (QED) is 0.917. The molecule has 1 amide bonds. The molecule has 0 fully saturated rings. The number of aryl methyl sites for hydroxylation is 2. The predicted octanol–water partition coefficient (Wildman–Crippen LogP) is 3.35. The van der Waals surface area contributed by atoms with Gasteiger partial charge >= 0.3 is 0 Å². The Labute approximate surface area is 125 Å². The number of aromatic nitrogens is 1. The molecular formula is C17H22N2O2. The molecule has 2 aromatic rings. The molecule has 0 saturated heterocycles. The highest BCUT2D eigenvalue weighted by Gasteiger charge is 2.20. The Morgan fingerprint density at radius 3 is 2.43 bits per heavy atom. The smallest absolute Gasteiger partial charge is 0.225 e. The van der Waals surface area contributed by atoms with Crippen molar-refractivity contribution in [2.45, 2.75) is 40.2 Å². The summed E-state index contributed by atoms with van der Waals surface area (Å²) in [5, 5.41) is 7.00. The van der Waals surface area contributed by atoms with E-state index in [1.165, 1.54) is 0 Å². The van der Waals surface area contributed by atoms with Crippen LogP contribution in [0.3, 0.4) is 0 Å². The number of rotatable bonds is 5. The maximum absolute atomic E-state index is 12.3. The maximum atomic E-state index is 12.3. The molecule has 0 spiro atoms. The second-order valence-corrected chi connectivity index (χ2v) is 5.68. The van der Waals surface area contributed by atoms with Gasteiger partial charge in [0, 0.05) is 5.56 Å². The van der Waals surface area contributed by atoms with Crippen LogP contribution >= 0.6 is 0 Å². The number of amides is 1. The zero-order chi connectivity index (χ0) is 15.4. The molecule has 0 radical (unpaired) electrons. The molecular weight excluding hydrogens is 264 g/mol. The summed E-state index contributed by atoms with van der Waals surface area (Å²) in [6, 6.07) is 10.1. The number of hydrogen-bond acceptors (Lipinski definition) is 3. The lowest BCUT2D eigenvalue weighted by Gasteiger charge is -2.23. The standard InChI is InChI=1S/C17H22N2O2/c1-11(2)17(14-8-6-5-7-9-14)18-16(20)10-15-12(3)19-21-13(15)4/h5-9,11,17H,10H2,1-4H3,(H,18,20)/t17-/m1/s1. The first kappa shape index (κ1) is 15.3. The number of benzene rings is 1. The van der Waals surface area contributed by atoms with Gasteiger partial charge in [0.1, 0.15) is 5.76 Å². The Hall–Kier alpha value is -2.10. The van der Waals surface area contributed by atoms with E-state index in [4.69, 9.17) is 4.52 Å². The van der Waals surface area contributed by atoms with E-state index in [9.17, 15) is 4.79 Å². The average molecular weight is 286 g/mol. The van der Waals surface area contributed by atoms with Crippen LogP contribution in [0.4, 0.5) is 0 Å². The Balaban J connectivity index is 2.09. The van der Waals surface area contributed by atoms with Crippen LogP contribution < -0.4 is 5.32 Å². The Bertz CT molecular complexity index is 583. The lowest BCUT2D eigenvalue weighted by atomic mass is 9.95. The van der Waals surface area contributed by atoms with Crippen LogP contribution in [-0.2, 0) is 11.2 Å². The van der Waals surface area contributed by atoms with Crippen molar-refractivity contribution < 1.29 is 9.32 Å². The number of carbonyl (C=O) groups excluding carboxylic acids is 1. The molecule has 21 heavy (non-hydrogen) atoms. The fraction of sp³-hybridized carbons (Fsp3) is 0.412. The minimum absolute atomic E-state index is 0.00745. The highest BCUT2D eigenvalue weighted by atomic mass is 16.5. The largest absolute Gasteiger partial charge is 0.361 e. The minimum atomic E-state index is -0.00745. The van der Waals surface area contributed by atoms with Gasteiger partial charge in [-0.15, -0.1) is 0 Å². The van der Waals surface area contributed by atoms with Crippen LogP contribution in [0.1, 0.15) is 42.5 Å². The Morgan fingerprint density at radius 2 is 1.90 bits per heavy atom. The van der Waals surface area contributed by atoms with E-state index in [0.717, 1.165) is 16.8 Å². The molecule has 0 saturated carbocycles. The van der Waals surface area contributed by atoms with Gasteiger partial charge in [0.2, 0.25) is 5.91 Å². The molecule has 1 aromatic carbocycles. The Morgan fingerprint density at radius 1 is 1.24 bits per heavy atom. The SMILES string of the molecule is Cc1noc(C)c1CC(=O)N[C@@H](c1ccccc1)C(C)C. The maximum Gasteiger partial charge on any atom is 0.225 e. The van der Waals surface area contributed by atoms with Gasteiger partial charge in [-0.05, 0) is 25.3 Å². The molecule has 2 rings (SSSR count). The molecule has 0 aliphatic rings. The highest BCUT2D eigenvalue weighted by Crippen LogP contribution is 2.22. The third-order valence-electron chi connectivity index (χ3n) is 3.66. The minimum Gasteiger partial charge on any atom is -0.361 e. The summed E-state index contributed by atoms with van der Waals surface area (Å²) >= 11 is 0. The molecule has 4 nitrogen and oxygen atoms in total. The zero-order valence-corrected chi connectivity index (χ0v) is 13.0. The van der Waals surface area contributed by atoms with Crippen LogP contribution in [0.5, 0.6) is 0 Å². The number of nitrogens with one attached hydrogen (secondary N) is 1. The summed E-state index contributed by atoms with van der Waals surface area (Å²) in [5.74, 6) is 1.02. The summed E-state index contributed by atoms with van der Waals surface area (Å²) in [6.45, 7) is 7.90. The summed E-state index contributed by atoms with van der Waals surface area (Å²) in [7, 11) is 0. The van der Waals surface area contributed by atoms with E-state index in [1.54, 1.807) is 0 Å². The first-order chi connectivity index (χ1) is 9.99. The third kappa shape index (κ3) is 3.72. The summed E-state index contributed by atoms with van der Waals surface area (Å²) < 4.78 is 5.10. The second kappa shape index (κ2) is 6.57. The van der Waals surface area contributed by atoms with Crippen molar-refractivity contribution in [1.82, 2.24) is 10.5 Å². The lowest BCUT2D eigenvalue weighted by Crippen LogP contribution is -2.33. The molecule has 0 aliphatic heterocycles. The highest BCUT2D eigenvalue weighted by molar-refractivity contribution is 5.79. The van der Waals surface area contributed by atoms with Crippen LogP contribution in [-0.4, -0.2) is 11.1 Å². The van der Waals surface area contributed by atoms with Crippen LogP contribution in [0.15, 0.2) is 34.9 Å². The van der Waals surface area contributed by atoms with Crippen molar-refractivity contribution in [3.8, 4) is 0 Å². The first-order valence-corrected chi connectivity index (χ1v) is 7.25. The van der Waals surface area contributed by atoms with E-state index in [0.29, 0.717) is 18.1 Å². The van der Waals surface area contributed by atoms with Crippen molar-refractivity contribution >= 4 is 5.91 Å². The molecule has 112 valence electrons. The molecule has 0 aliphatic carbocycles. The van der Waals surface area contributed by atoms with Crippen LogP contribution in [0.2, 0.25) is 0 Å². The fourth-order valence-corrected chi connectivity index (χ4v) is 2.43. The van der Waals surface area contributed by atoms with E-state index in [1.807, 2.05) is 44.2 Å². The van der Waals surface area contributed by atoms with Crippen molar-refractivity contribution in [3.05, 3.63) is 52.9 Å². The van der Waals surface area contributed by atoms with E-state index < -0.39 is 0 Å². The third-order valence-corrected chi connectivity index (χ3v) is 3.66. The fourth-order valence-electron chi connectivity index (χ4n) is 2.43. The topological polar surface area (TPSA) is 55.1 Å². The summed E-state index contributed by atoms with van der Waals surface area (Å²) in [4.78, 5) is 12.3.